The van der Waals surface area contributed by atoms with Gasteiger partial charge in [0.1, 0.15) is 31.1 Å². The van der Waals surface area contributed by atoms with E-state index in [2.05, 4.69) is 20.7 Å². The molecule has 1 saturated carbocycles. The molecule has 3 aromatic rings. The maximum atomic E-state index is 13.3. The molecule has 0 bridgehead atoms. The van der Waals surface area contributed by atoms with Crippen molar-refractivity contribution in [2.75, 3.05) is 6.54 Å². The number of rotatable bonds is 11. The van der Waals surface area contributed by atoms with Crippen LogP contribution in [0.25, 0.3) is 0 Å². The third-order valence-electron chi connectivity index (χ3n) is 6.95. The molecule has 3 amide bonds. The van der Waals surface area contributed by atoms with Crippen molar-refractivity contribution in [1.82, 2.24) is 25.4 Å². The quantitative estimate of drug-likeness (QED) is 0.321. The second-order valence-corrected chi connectivity index (χ2v) is 9.65. The van der Waals surface area contributed by atoms with E-state index in [1.165, 1.54) is 30.6 Å². The lowest BCUT2D eigenvalue weighted by molar-refractivity contribution is -0.131. The number of ether oxygens (including phenoxy) is 1. The summed E-state index contributed by atoms with van der Waals surface area (Å²) >= 11 is 0. The van der Waals surface area contributed by atoms with Crippen LogP contribution >= 0.6 is 0 Å². The molecule has 39 heavy (non-hydrogen) atoms. The zero-order valence-electron chi connectivity index (χ0n) is 21.6. The lowest BCUT2D eigenvalue weighted by Crippen LogP contribution is -2.42. The average molecular weight is 537 g/mol. The molecule has 0 aliphatic heterocycles. The lowest BCUT2D eigenvalue weighted by atomic mass is 9.74. The number of aryl methyl sites for hydroxylation is 1. The van der Waals surface area contributed by atoms with E-state index >= 15 is 0 Å². The average Bonchev–Trinajstić information content (AvgIpc) is 3.47. The van der Waals surface area contributed by atoms with Crippen molar-refractivity contribution >= 4 is 17.9 Å². The topological polar surface area (TPSA) is 141 Å². The number of halogens is 1. The molecule has 0 saturated heterocycles. The molecular formula is C28H33FN6O4. The van der Waals surface area contributed by atoms with Gasteiger partial charge >= 0.3 is 6.09 Å². The van der Waals surface area contributed by atoms with E-state index in [4.69, 9.17) is 10.5 Å². The highest BCUT2D eigenvalue weighted by Gasteiger charge is 2.34. The first-order valence-electron chi connectivity index (χ1n) is 13.1. The molecule has 1 aliphatic rings. The molecule has 3 atom stereocenters. The highest BCUT2D eigenvalue weighted by atomic mass is 19.1. The number of primary amides is 1. The minimum absolute atomic E-state index is 0.0243. The minimum Gasteiger partial charge on any atom is -0.445 e. The summed E-state index contributed by atoms with van der Waals surface area (Å²) in [4.78, 5) is 41.3. The summed E-state index contributed by atoms with van der Waals surface area (Å²) in [6, 6.07) is 12.0. The molecule has 1 heterocycles. The van der Waals surface area contributed by atoms with Crippen LogP contribution in [0.15, 0.2) is 61.2 Å². The largest absolute Gasteiger partial charge is 0.445 e. The van der Waals surface area contributed by atoms with Crippen molar-refractivity contribution in [3.8, 4) is 0 Å². The van der Waals surface area contributed by atoms with Crippen LogP contribution in [-0.4, -0.2) is 39.2 Å². The molecule has 1 aliphatic carbocycles. The Hall–Kier alpha value is -4.28. The third-order valence-corrected chi connectivity index (χ3v) is 6.95. The van der Waals surface area contributed by atoms with Crippen LogP contribution in [0.2, 0.25) is 0 Å². The number of nitrogens with two attached hydrogens (primary N) is 1. The minimum atomic E-state index is -1.03. The van der Waals surface area contributed by atoms with E-state index in [-0.39, 0.29) is 24.3 Å². The fourth-order valence-electron chi connectivity index (χ4n) is 4.91. The van der Waals surface area contributed by atoms with Crippen molar-refractivity contribution in [2.24, 2.45) is 11.7 Å². The normalized spacial score (nSPS) is 17.7. The molecular weight excluding hydrogens is 503 g/mol. The summed E-state index contributed by atoms with van der Waals surface area (Å²) in [7, 11) is 0. The molecule has 11 heteroatoms. The summed E-state index contributed by atoms with van der Waals surface area (Å²) in [5, 5.41) is 9.51. The maximum Gasteiger partial charge on any atom is 0.407 e. The summed E-state index contributed by atoms with van der Waals surface area (Å²) in [5.41, 5.74) is 7.84. The number of amides is 3. The SMILES string of the molecule is NC(=O)[C@@H](NC(=O)[C@@H]1CCCC[C@H]1c1ccc(COC(=O)NCCCn2cncn2)cc1)c1ccc(F)cc1. The zero-order chi connectivity index (χ0) is 27.6. The van der Waals surface area contributed by atoms with Gasteiger partial charge in [0.25, 0.3) is 0 Å². The number of aromatic nitrogens is 3. The predicted molar refractivity (Wildman–Crippen MR) is 140 cm³/mol. The Morgan fingerprint density at radius 1 is 1.08 bits per heavy atom. The second kappa shape index (κ2) is 13.5. The standard InChI is InChI=1S/C28H33FN6O4/c29-22-12-10-21(11-13-22)25(26(30)36)34-27(37)24-5-2-1-4-23(24)20-8-6-19(7-9-20)16-39-28(38)32-14-3-15-35-18-31-17-33-35/h6-13,17-18,23-25H,1-5,14-16H2,(H2,30,36)(H,32,38)(H,34,37)/t23-,24+,25-/m0/s1. The molecule has 1 fully saturated rings. The third kappa shape index (κ3) is 7.86. The molecule has 4 rings (SSSR count). The number of hydrogen-bond donors (Lipinski definition) is 3. The number of hydrogen-bond acceptors (Lipinski definition) is 6. The number of nitrogens with zero attached hydrogens (tertiary/aromatic N) is 3. The molecule has 1 aromatic heterocycles. The van der Waals surface area contributed by atoms with Crippen molar-refractivity contribution in [3.63, 3.8) is 0 Å². The number of carbonyl (C=O) groups is 3. The summed E-state index contributed by atoms with van der Waals surface area (Å²) < 4.78 is 20.3. The monoisotopic (exact) mass is 536 g/mol. The maximum absolute atomic E-state index is 13.3. The van der Waals surface area contributed by atoms with Crippen molar-refractivity contribution < 1.29 is 23.5 Å². The molecule has 4 N–H and O–H groups in total. The Bertz CT molecular complexity index is 1230. The van der Waals surface area contributed by atoms with Gasteiger partial charge in [-0.3, -0.25) is 14.3 Å². The van der Waals surface area contributed by atoms with Crippen molar-refractivity contribution in [3.05, 3.63) is 83.7 Å². The van der Waals surface area contributed by atoms with Crippen LogP contribution in [-0.2, 0) is 27.5 Å². The van der Waals surface area contributed by atoms with Gasteiger partial charge in [0.2, 0.25) is 11.8 Å². The molecule has 10 nitrogen and oxygen atoms in total. The first-order chi connectivity index (χ1) is 18.9. The fraction of sp³-hybridized carbons (Fsp3) is 0.393. The van der Waals surface area contributed by atoms with Crippen LogP contribution < -0.4 is 16.4 Å². The van der Waals surface area contributed by atoms with E-state index in [9.17, 15) is 18.8 Å². The first kappa shape index (κ1) is 27.7. The van der Waals surface area contributed by atoms with Gasteiger partial charge < -0.3 is 21.1 Å². The Kier molecular flexibility index (Phi) is 9.60. The van der Waals surface area contributed by atoms with Gasteiger partial charge in [-0.1, -0.05) is 49.2 Å². The second-order valence-electron chi connectivity index (χ2n) is 9.65. The van der Waals surface area contributed by atoms with Gasteiger partial charge in [-0.25, -0.2) is 14.2 Å². The number of nitrogens with one attached hydrogen (secondary N) is 2. The van der Waals surface area contributed by atoms with Gasteiger partial charge in [0.05, 0.1) is 0 Å². The van der Waals surface area contributed by atoms with E-state index < -0.39 is 23.9 Å². The molecule has 206 valence electrons. The number of benzene rings is 2. The van der Waals surface area contributed by atoms with Gasteiger partial charge in [0, 0.05) is 19.0 Å². The summed E-state index contributed by atoms with van der Waals surface area (Å²) in [6.45, 7) is 1.24. The lowest BCUT2D eigenvalue weighted by Gasteiger charge is -2.32. The fourth-order valence-corrected chi connectivity index (χ4v) is 4.91. The Morgan fingerprint density at radius 3 is 2.51 bits per heavy atom. The Labute approximate surface area is 226 Å². The van der Waals surface area contributed by atoms with Crippen molar-refractivity contribution in [2.45, 2.75) is 57.2 Å². The van der Waals surface area contributed by atoms with E-state index in [1.807, 2.05) is 24.3 Å². The molecule has 0 unspecified atom stereocenters. The van der Waals surface area contributed by atoms with Crippen LogP contribution in [0, 0.1) is 11.7 Å². The predicted octanol–water partition coefficient (Wildman–Crippen LogP) is 3.35. The summed E-state index contributed by atoms with van der Waals surface area (Å²) in [6.07, 6.45) is 6.72. The van der Waals surface area contributed by atoms with E-state index in [1.54, 1.807) is 11.0 Å². The van der Waals surface area contributed by atoms with Crippen LogP contribution in [0.4, 0.5) is 9.18 Å². The van der Waals surface area contributed by atoms with Crippen LogP contribution in [0.3, 0.4) is 0 Å². The molecule has 0 radical (unpaired) electrons. The van der Waals surface area contributed by atoms with Gasteiger partial charge in [0.15, 0.2) is 0 Å². The smallest absolute Gasteiger partial charge is 0.407 e. The summed E-state index contributed by atoms with van der Waals surface area (Å²) in [5.74, 6) is -1.74. The molecule has 2 aromatic carbocycles. The van der Waals surface area contributed by atoms with Gasteiger partial charge in [-0.2, -0.15) is 5.10 Å². The van der Waals surface area contributed by atoms with Gasteiger partial charge in [-0.15, -0.1) is 0 Å². The Morgan fingerprint density at radius 2 is 1.82 bits per heavy atom. The Balaban J connectivity index is 1.30. The van der Waals surface area contributed by atoms with Crippen LogP contribution in [0.5, 0.6) is 0 Å². The van der Waals surface area contributed by atoms with Crippen molar-refractivity contribution in [1.29, 1.82) is 0 Å². The first-order valence-corrected chi connectivity index (χ1v) is 13.1. The van der Waals surface area contributed by atoms with E-state index in [0.717, 1.165) is 30.4 Å². The highest BCUT2D eigenvalue weighted by molar-refractivity contribution is 5.89. The molecule has 0 spiro atoms. The number of alkyl carbamates (subject to hydrolysis) is 1. The van der Waals surface area contributed by atoms with E-state index in [0.29, 0.717) is 31.5 Å². The zero-order valence-corrected chi connectivity index (χ0v) is 21.6. The highest BCUT2D eigenvalue weighted by Crippen LogP contribution is 2.38. The van der Waals surface area contributed by atoms with Crippen LogP contribution in [0.1, 0.15) is 60.8 Å². The number of carbonyl (C=O) groups excluding carboxylic acids is 3. The van der Waals surface area contributed by atoms with Gasteiger partial charge in [-0.05, 0) is 54.0 Å².